The monoisotopic (exact) mass is 602 g/mol. The van der Waals surface area contributed by atoms with E-state index in [-0.39, 0.29) is 62.8 Å². The van der Waals surface area contributed by atoms with Gasteiger partial charge in [0.05, 0.1) is 0 Å². The van der Waals surface area contributed by atoms with Crippen LogP contribution in [0.1, 0.15) is 32.6 Å². The lowest BCUT2D eigenvalue weighted by molar-refractivity contribution is -0.122. The largest absolute Gasteiger partial charge is 0.355 e. The Morgan fingerprint density at radius 3 is 1.46 bits per heavy atom. The summed E-state index contributed by atoms with van der Waals surface area (Å²) in [7, 11) is -1.84. The maximum absolute atomic E-state index is 12.5. The first-order chi connectivity index (χ1) is 18.6. The van der Waals surface area contributed by atoms with E-state index in [2.05, 4.69) is 26.6 Å². The number of carbonyl (C=O) groups excluding carboxylic acids is 3. The van der Waals surface area contributed by atoms with E-state index < -0.39 is 15.2 Å². The van der Waals surface area contributed by atoms with E-state index in [1.54, 1.807) is 4.90 Å². The van der Waals surface area contributed by atoms with E-state index in [1.165, 1.54) is 28.4 Å². The molecule has 15 nitrogen and oxygen atoms in total. The maximum Gasteiger partial charge on any atom is 0.344 e. The van der Waals surface area contributed by atoms with Crippen molar-refractivity contribution in [3.8, 4) is 0 Å². The van der Waals surface area contributed by atoms with Crippen LogP contribution in [-0.4, -0.2) is 116 Å². The van der Waals surface area contributed by atoms with Crippen LogP contribution in [0.3, 0.4) is 0 Å². The van der Waals surface area contributed by atoms with Gasteiger partial charge in [0.1, 0.15) is 12.6 Å². The zero-order valence-electron chi connectivity index (χ0n) is 23.9. The van der Waals surface area contributed by atoms with Gasteiger partial charge in [-0.05, 0) is 19.5 Å². The summed E-state index contributed by atoms with van der Waals surface area (Å²) < 4.78 is 44.9. The van der Waals surface area contributed by atoms with Crippen LogP contribution in [0.25, 0.3) is 0 Å². The molecule has 0 atom stereocenters. The third kappa shape index (κ3) is 19.3. The zero-order valence-corrected chi connectivity index (χ0v) is 25.7. The fourth-order valence-electron chi connectivity index (χ4n) is 3.18. The van der Waals surface area contributed by atoms with E-state index in [0.717, 1.165) is 6.54 Å². The van der Waals surface area contributed by atoms with Crippen molar-refractivity contribution >= 4 is 32.9 Å². The Kier molecular flexibility index (Phi) is 21.5. The van der Waals surface area contributed by atoms with Crippen LogP contribution in [0, 0.1) is 0 Å². The van der Waals surface area contributed by atoms with Crippen molar-refractivity contribution in [2.24, 2.45) is 0 Å². The topological polar surface area (TPSA) is 186 Å². The second-order valence-electron chi connectivity index (χ2n) is 8.39. The summed E-state index contributed by atoms with van der Waals surface area (Å²) in [6, 6.07) is 0. The molecule has 0 saturated heterocycles. The highest BCUT2D eigenvalue weighted by Crippen LogP contribution is 2.51. The summed E-state index contributed by atoms with van der Waals surface area (Å²) in [5.74, 6) is -0.383. The molecule has 0 aliphatic heterocycles. The Morgan fingerprint density at radius 1 is 0.615 bits per heavy atom. The third-order valence-corrected chi connectivity index (χ3v) is 9.16. The molecule has 0 aliphatic rings. The predicted molar refractivity (Wildman–Crippen MR) is 149 cm³/mol. The van der Waals surface area contributed by atoms with Gasteiger partial charge in [0.25, 0.3) is 0 Å². The fourth-order valence-corrected chi connectivity index (χ4v) is 5.56. The number of nitrogens with zero attached hydrogens (tertiary/aromatic N) is 1. The summed E-state index contributed by atoms with van der Waals surface area (Å²) >= 11 is 0. The molecule has 5 N–H and O–H groups in total. The summed E-state index contributed by atoms with van der Waals surface area (Å²) in [5, 5.41) is 14.4. The first-order valence-electron chi connectivity index (χ1n) is 12.9. The lowest BCUT2D eigenvalue weighted by Crippen LogP contribution is -2.37. The Balaban J connectivity index is 4.12. The molecule has 0 rings (SSSR count). The van der Waals surface area contributed by atoms with Crippen LogP contribution in [0.2, 0.25) is 0 Å². The Hall–Kier alpha value is -1.41. The SMILES string of the molecule is CCNCCC(=O)NCCNCCC(=O)NCCNC(=O)CCCN(CP(=O)(OC)OC)CP(=O)(OC)OC. The number of hydrogen-bond donors (Lipinski definition) is 5. The first-order valence-corrected chi connectivity index (χ1v) is 16.4. The van der Waals surface area contributed by atoms with Gasteiger partial charge in [-0.15, -0.1) is 0 Å². The molecular formula is C22H48N6O9P2. The number of carbonyl (C=O) groups is 3. The van der Waals surface area contributed by atoms with E-state index in [4.69, 9.17) is 18.1 Å². The average Bonchev–Trinajstić information content (AvgIpc) is 2.92. The lowest BCUT2D eigenvalue weighted by Gasteiger charge is -2.27. The van der Waals surface area contributed by atoms with Crippen molar-refractivity contribution in [3.63, 3.8) is 0 Å². The van der Waals surface area contributed by atoms with Gasteiger partial charge in [0.2, 0.25) is 17.7 Å². The minimum absolute atomic E-state index is 0.0131. The van der Waals surface area contributed by atoms with Gasteiger partial charge in [-0.2, -0.15) is 0 Å². The minimum atomic E-state index is -3.43. The van der Waals surface area contributed by atoms with Crippen molar-refractivity contribution in [3.05, 3.63) is 0 Å². The number of amides is 3. The van der Waals surface area contributed by atoms with Crippen molar-refractivity contribution in [2.45, 2.75) is 32.6 Å². The highest BCUT2D eigenvalue weighted by molar-refractivity contribution is 7.54. The van der Waals surface area contributed by atoms with E-state index in [9.17, 15) is 23.5 Å². The summed E-state index contributed by atoms with van der Waals surface area (Å²) in [5.41, 5.74) is 0. The quantitative estimate of drug-likeness (QED) is 0.0711. The maximum atomic E-state index is 12.5. The standard InChI is InChI=1S/C22H48N6O9P2/c1-6-23-11-9-21(30)25-14-13-24-12-10-22(31)27-16-15-26-20(29)8-7-17-28(18-38(32,34-2)35-3)19-39(33,36-4)37-5/h23-24H,6-19H2,1-5H3,(H,25,30)(H,26,29)(H,27,31). The zero-order chi connectivity index (χ0) is 29.6. The molecule has 0 spiro atoms. The van der Waals surface area contributed by atoms with Gasteiger partial charge in [-0.25, -0.2) is 0 Å². The summed E-state index contributed by atoms with van der Waals surface area (Å²) in [6.45, 7) is 5.82. The molecule has 0 aromatic carbocycles. The molecule has 230 valence electrons. The molecule has 3 amide bonds. The molecule has 39 heavy (non-hydrogen) atoms. The smallest absolute Gasteiger partial charge is 0.344 e. The van der Waals surface area contributed by atoms with Crippen LogP contribution in [0.4, 0.5) is 0 Å². The molecule has 0 saturated carbocycles. The van der Waals surface area contributed by atoms with Gasteiger partial charge >= 0.3 is 15.2 Å². The second kappa shape index (κ2) is 22.3. The number of hydrogen-bond acceptors (Lipinski definition) is 12. The average molecular weight is 603 g/mol. The van der Waals surface area contributed by atoms with Gasteiger partial charge in [-0.3, -0.25) is 28.4 Å². The first kappa shape index (κ1) is 37.6. The fraction of sp³-hybridized carbons (Fsp3) is 0.864. The van der Waals surface area contributed by atoms with E-state index >= 15 is 0 Å². The van der Waals surface area contributed by atoms with Crippen LogP contribution >= 0.6 is 15.2 Å². The van der Waals surface area contributed by atoms with Crippen LogP contribution < -0.4 is 26.6 Å². The number of nitrogens with one attached hydrogen (secondary N) is 5. The van der Waals surface area contributed by atoms with Crippen molar-refractivity contribution < 1.29 is 41.6 Å². The summed E-state index contributed by atoms with van der Waals surface area (Å²) in [6.07, 6.45) is 0.950. The van der Waals surface area contributed by atoms with E-state index in [1.807, 2.05) is 6.92 Å². The predicted octanol–water partition coefficient (Wildman–Crippen LogP) is 0.283. The highest BCUT2D eigenvalue weighted by atomic mass is 31.2. The number of rotatable bonds is 25. The molecule has 0 aromatic rings. The Labute approximate surface area is 232 Å². The molecular weight excluding hydrogens is 554 g/mol. The molecule has 0 aliphatic carbocycles. The molecule has 0 radical (unpaired) electrons. The van der Waals surface area contributed by atoms with Crippen molar-refractivity contribution in [1.82, 2.24) is 31.5 Å². The molecule has 17 heteroatoms. The van der Waals surface area contributed by atoms with Gasteiger partial charge in [-0.1, -0.05) is 6.92 Å². The Bertz CT molecular complexity index is 762. The molecule has 0 fully saturated rings. The van der Waals surface area contributed by atoms with Crippen LogP contribution in [-0.2, 0) is 41.6 Å². The van der Waals surface area contributed by atoms with Gasteiger partial charge < -0.3 is 44.7 Å². The Morgan fingerprint density at radius 2 is 1.03 bits per heavy atom. The molecule has 0 heterocycles. The van der Waals surface area contributed by atoms with Crippen LogP contribution in [0.15, 0.2) is 0 Å². The molecule has 0 aromatic heterocycles. The minimum Gasteiger partial charge on any atom is -0.355 e. The lowest BCUT2D eigenvalue weighted by atomic mass is 10.3. The normalized spacial score (nSPS) is 11.9. The molecule has 0 bridgehead atoms. The van der Waals surface area contributed by atoms with E-state index in [0.29, 0.717) is 39.0 Å². The summed E-state index contributed by atoms with van der Waals surface area (Å²) in [4.78, 5) is 37.2. The molecule has 0 unspecified atom stereocenters. The van der Waals surface area contributed by atoms with Gasteiger partial charge in [0, 0.05) is 87.0 Å². The second-order valence-corrected chi connectivity index (χ2v) is 12.9. The highest BCUT2D eigenvalue weighted by Gasteiger charge is 2.31. The van der Waals surface area contributed by atoms with Crippen LogP contribution in [0.5, 0.6) is 0 Å². The third-order valence-electron chi connectivity index (χ3n) is 5.44. The van der Waals surface area contributed by atoms with Crippen molar-refractivity contribution in [2.75, 3.05) is 93.4 Å². The van der Waals surface area contributed by atoms with Crippen molar-refractivity contribution in [1.29, 1.82) is 0 Å². The van der Waals surface area contributed by atoms with Gasteiger partial charge in [0.15, 0.2) is 0 Å².